The fourth-order valence-electron chi connectivity index (χ4n) is 8.99. The molecular weight excluding hydrogens is 312 g/mol. The number of carbonyl (C=O) groups is 1. The second-order valence-electron chi connectivity index (χ2n) is 10.7. The van der Waals surface area contributed by atoms with Crippen molar-refractivity contribution >= 4 is 5.78 Å². The molecule has 1 heterocycles. The van der Waals surface area contributed by atoms with Crippen molar-refractivity contribution in [1.29, 1.82) is 0 Å². The lowest BCUT2D eigenvalue weighted by molar-refractivity contribution is -0.146. The van der Waals surface area contributed by atoms with Gasteiger partial charge in [-0.2, -0.15) is 0 Å². The molecule has 0 bridgehead atoms. The third kappa shape index (κ3) is 1.87. The van der Waals surface area contributed by atoms with Gasteiger partial charge in [0.25, 0.3) is 0 Å². The number of hydrogen-bond acceptors (Lipinski definition) is 3. The van der Waals surface area contributed by atoms with Gasteiger partial charge in [0, 0.05) is 5.92 Å². The minimum atomic E-state index is -0.0552. The van der Waals surface area contributed by atoms with E-state index in [1.165, 1.54) is 44.9 Å². The van der Waals surface area contributed by atoms with Gasteiger partial charge in [-0.15, -0.1) is 0 Å². The van der Waals surface area contributed by atoms with Crippen LogP contribution in [0, 0.1) is 40.4 Å². The Morgan fingerprint density at radius 1 is 1.04 bits per heavy atom. The van der Waals surface area contributed by atoms with Crippen molar-refractivity contribution in [2.75, 3.05) is 0 Å². The fourth-order valence-corrected chi connectivity index (χ4v) is 8.99. The molecule has 3 nitrogen and oxygen atoms in total. The SMILES string of the molecule is C[C@]12CC[C@@H](O)C[C@H]1CC[C@@H]1[C@@H]2CC[C@@]23CC4O[C@@H]4C(=O)[C@H]2CC[C@@H]13. The van der Waals surface area contributed by atoms with E-state index in [9.17, 15) is 9.90 Å². The van der Waals surface area contributed by atoms with Gasteiger partial charge in [-0.05, 0) is 98.7 Å². The van der Waals surface area contributed by atoms with Crippen LogP contribution in [0.5, 0.6) is 0 Å². The van der Waals surface area contributed by atoms with E-state index in [-0.39, 0.29) is 18.3 Å². The Balaban J connectivity index is 1.33. The van der Waals surface area contributed by atoms with E-state index in [1.54, 1.807) is 0 Å². The molecule has 6 fully saturated rings. The second kappa shape index (κ2) is 4.90. The normalized spacial score (nSPS) is 62.2. The Labute approximate surface area is 150 Å². The van der Waals surface area contributed by atoms with E-state index in [1.807, 2.05) is 0 Å². The highest BCUT2D eigenvalue weighted by molar-refractivity contribution is 5.90. The molecule has 0 amide bonds. The third-order valence-electron chi connectivity index (χ3n) is 10.1. The standard InChI is InChI=1S/C22H32O3/c1-21-8-6-13(23)10-12(21)2-3-14-15(21)7-9-22-11-18-20(25-18)19(24)17(22)5-4-16(14)22/h12-18,20,23H,2-11H2,1H3/t12-,13-,14-,15+,16+,17-,18?,20+,21+,22+/m1/s1. The number of epoxide rings is 1. The first-order valence-corrected chi connectivity index (χ1v) is 10.9. The van der Waals surface area contributed by atoms with Gasteiger partial charge in [0.1, 0.15) is 6.10 Å². The third-order valence-corrected chi connectivity index (χ3v) is 10.1. The molecule has 6 rings (SSSR count). The lowest BCUT2D eigenvalue weighted by atomic mass is 9.43. The predicted molar refractivity (Wildman–Crippen MR) is 93.8 cm³/mol. The van der Waals surface area contributed by atoms with Gasteiger partial charge in [-0.1, -0.05) is 6.92 Å². The number of rotatable bonds is 0. The lowest BCUT2D eigenvalue weighted by Gasteiger charge is -2.61. The number of aliphatic hydroxyl groups excluding tert-OH is 1. The molecule has 3 heteroatoms. The molecule has 0 aromatic rings. The molecule has 0 aromatic carbocycles. The summed E-state index contributed by atoms with van der Waals surface area (Å²) in [7, 11) is 0. The van der Waals surface area contributed by atoms with Crippen LogP contribution in [-0.4, -0.2) is 29.2 Å². The van der Waals surface area contributed by atoms with E-state index in [4.69, 9.17) is 4.74 Å². The summed E-state index contributed by atoms with van der Waals surface area (Å²) in [6, 6.07) is 0. The largest absolute Gasteiger partial charge is 0.393 e. The number of carbonyl (C=O) groups excluding carboxylic acids is 1. The van der Waals surface area contributed by atoms with Gasteiger partial charge in [0.05, 0.1) is 12.2 Å². The molecule has 6 aliphatic rings. The summed E-state index contributed by atoms with van der Waals surface area (Å²) >= 11 is 0. The predicted octanol–water partition coefficient (Wildman–Crippen LogP) is 3.73. The highest BCUT2D eigenvalue weighted by atomic mass is 16.6. The van der Waals surface area contributed by atoms with Gasteiger partial charge in [-0.3, -0.25) is 4.79 Å². The van der Waals surface area contributed by atoms with Crippen molar-refractivity contribution in [2.45, 2.75) is 89.4 Å². The summed E-state index contributed by atoms with van der Waals surface area (Å²) in [6.45, 7) is 2.55. The monoisotopic (exact) mass is 344 g/mol. The van der Waals surface area contributed by atoms with Gasteiger partial charge >= 0.3 is 0 Å². The van der Waals surface area contributed by atoms with Crippen LogP contribution in [0.2, 0.25) is 0 Å². The van der Waals surface area contributed by atoms with Crippen LogP contribution in [0.4, 0.5) is 0 Å². The highest BCUT2D eigenvalue weighted by Crippen LogP contribution is 2.70. The number of hydrogen-bond donors (Lipinski definition) is 1. The van der Waals surface area contributed by atoms with E-state index >= 15 is 0 Å². The maximum Gasteiger partial charge on any atom is 0.167 e. The van der Waals surface area contributed by atoms with E-state index in [2.05, 4.69) is 6.92 Å². The molecule has 138 valence electrons. The van der Waals surface area contributed by atoms with Crippen LogP contribution in [0.25, 0.3) is 0 Å². The topological polar surface area (TPSA) is 49.8 Å². The summed E-state index contributed by atoms with van der Waals surface area (Å²) in [5.74, 6) is 3.96. The zero-order chi connectivity index (χ0) is 17.0. The van der Waals surface area contributed by atoms with Crippen LogP contribution >= 0.6 is 0 Å². The molecule has 1 saturated heterocycles. The second-order valence-corrected chi connectivity index (χ2v) is 10.7. The average Bonchev–Trinajstić information content (AvgIpc) is 3.25. The zero-order valence-corrected chi connectivity index (χ0v) is 15.5. The minimum Gasteiger partial charge on any atom is -0.393 e. The average molecular weight is 344 g/mol. The highest BCUT2D eigenvalue weighted by Gasteiger charge is 2.69. The number of Topliss-reactive ketones (excluding diaryl/α,β-unsaturated/α-hetero) is 1. The summed E-state index contributed by atoms with van der Waals surface area (Å²) in [5.41, 5.74) is 0.742. The number of fused-ring (bicyclic) bond motifs is 5. The molecule has 0 aromatic heterocycles. The van der Waals surface area contributed by atoms with Gasteiger partial charge in [0.2, 0.25) is 0 Å². The number of aliphatic hydroxyl groups is 1. The first-order chi connectivity index (χ1) is 12.0. The van der Waals surface area contributed by atoms with Crippen LogP contribution in [-0.2, 0) is 9.53 Å². The Morgan fingerprint density at radius 2 is 1.92 bits per heavy atom. The molecule has 10 atom stereocenters. The number of ketones is 1. The summed E-state index contributed by atoms with van der Waals surface area (Å²) in [4.78, 5) is 12.8. The first-order valence-electron chi connectivity index (χ1n) is 10.9. The molecule has 25 heavy (non-hydrogen) atoms. The van der Waals surface area contributed by atoms with E-state index < -0.39 is 0 Å². The maximum atomic E-state index is 12.8. The molecule has 1 N–H and O–H groups in total. The molecule has 0 radical (unpaired) electrons. The molecular formula is C22H32O3. The molecule has 1 spiro atoms. The van der Waals surface area contributed by atoms with Crippen LogP contribution in [0.1, 0.15) is 71.1 Å². The van der Waals surface area contributed by atoms with Crippen molar-refractivity contribution in [3.63, 3.8) is 0 Å². The van der Waals surface area contributed by atoms with Gasteiger partial charge in [-0.25, -0.2) is 0 Å². The molecule has 1 unspecified atom stereocenters. The summed E-state index contributed by atoms with van der Waals surface area (Å²) in [5, 5.41) is 10.2. The Morgan fingerprint density at radius 3 is 2.80 bits per heavy atom. The fraction of sp³-hybridized carbons (Fsp3) is 0.955. The molecule has 5 saturated carbocycles. The first kappa shape index (κ1) is 15.6. The van der Waals surface area contributed by atoms with Gasteiger partial charge < -0.3 is 9.84 Å². The van der Waals surface area contributed by atoms with Crippen LogP contribution < -0.4 is 0 Å². The smallest absolute Gasteiger partial charge is 0.167 e. The molecule has 1 aliphatic heterocycles. The summed E-state index contributed by atoms with van der Waals surface area (Å²) in [6.07, 6.45) is 12.3. The summed E-state index contributed by atoms with van der Waals surface area (Å²) < 4.78 is 5.75. The Bertz CT molecular complexity index is 616. The zero-order valence-electron chi connectivity index (χ0n) is 15.5. The van der Waals surface area contributed by atoms with Crippen molar-refractivity contribution in [3.05, 3.63) is 0 Å². The maximum absolute atomic E-state index is 12.8. The lowest BCUT2D eigenvalue weighted by Crippen LogP contribution is -2.56. The van der Waals surface area contributed by atoms with Crippen molar-refractivity contribution in [3.8, 4) is 0 Å². The molecule has 5 aliphatic carbocycles. The van der Waals surface area contributed by atoms with Crippen molar-refractivity contribution in [2.24, 2.45) is 40.4 Å². The van der Waals surface area contributed by atoms with Crippen molar-refractivity contribution < 1.29 is 14.6 Å². The van der Waals surface area contributed by atoms with Gasteiger partial charge in [0.15, 0.2) is 5.78 Å². The van der Waals surface area contributed by atoms with Crippen LogP contribution in [0.3, 0.4) is 0 Å². The minimum absolute atomic E-state index is 0.0137. The quantitative estimate of drug-likeness (QED) is 0.681. The van der Waals surface area contributed by atoms with Crippen molar-refractivity contribution in [1.82, 2.24) is 0 Å². The Hall–Kier alpha value is -0.410. The van der Waals surface area contributed by atoms with Crippen LogP contribution in [0.15, 0.2) is 0 Å². The van der Waals surface area contributed by atoms with E-state index in [0.29, 0.717) is 22.5 Å². The van der Waals surface area contributed by atoms with E-state index in [0.717, 1.165) is 42.9 Å². The Kier molecular flexibility index (Phi) is 3.06. The number of ether oxygens (including phenoxy) is 1.